The van der Waals surface area contributed by atoms with Crippen LogP contribution in [0.2, 0.25) is 5.02 Å². The van der Waals surface area contributed by atoms with E-state index in [1.165, 1.54) is 7.11 Å². The largest absolute Gasteiger partial charge is 0.453 e. The Hall–Kier alpha value is -2.08. The van der Waals surface area contributed by atoms with Crippen LogP contribution in [-0.4, -0.2) is 23.3 Å². The van der Waals surface area contributed by atoms with Crippen LogP contribution >= 0.6 is 11.6 Å². The van der Waals surface area contributed by atoms with Crippen LogP contribution in [0.4, 0.5) is 4.79 Å². The number of aromatic nitrogens is 2. The number of rotatable bonds is 3. The smallest absolute Gasteiger partial charge is 0.407 e. The van der Waals surface area contributed by atoms with Gasteiger partial charge in [0.25, 0.3) is 0 Å². The molecule has 0 aliphatic carbocycles. The van der Waals surface area contributed by atoms with Gasteiger partial charge >= 0.3 is 6.09 Å². The molecule has 0 saturated carbocycles. The van der Waals surface area contributed by atoms with E-state index >= 15 is 0 Å². The maximum absolute atomic E-state index is 10.9. The second kappa shape index (κ2) is 5.50. The Balaban J connectivity index is 2.06. The van der Waals surface area contributed by atoms with E-state index in [0.717, 1.165) is 5.56 Å². The summed E-state index contributed by atoms with van der Waals surface area (Å²) in [6, 6.07) is 7.04. The van der Waals surface area contributed by atoms with Gasteiger partial charge in [-0.15, -0.1) is 0 Å². The molecule has 7 heteroatoms. The van der Waals surface area contributed by atoms with Gasteiger partial charge in [-0.2, -0.15) is 4.98 Å². The zero-order chi connectivity index (χ0) is 13.0. The molecule has 0 bridgehead atoms. The molecule has 94 valence electrons. The Kier molecular flexibility index (Phi) is 3.78. The van der Waals surface area contributed by atoms with Crippen molar-refractivity contribution in [1.29, 1.82) is 0 Å². The van der Waals surface area contributed by atoms with Gasteiger partial charge in [-0.3, -0.25) is 0 Å². The highest BCUT2D eigenvalue weighted by molar-refractivity contribution is 6.30. The van der Waals surface area contributed by atoms with E-state index in [-0.39, 0.29) is 6.54 Å². The maximum Gasteiger partial charge on any atom is 0.407 e. The van der Waals surface area contributed by atoms with Gasteiger partial charge < -0.3 is 14.6 Å². The van der Waals surface area contributed by atoms with Crippen LogP contribution in [0.25, 0.3) is 11.4 Å². The first kappa shape index (κ1) is 12.4. The van der Waals surface area contributed by atoms with Crippen molar-refractivity contribution >= 4 is 17.7 Å². The SMILES string of the molecule is COC(=O)NCc1nc(-c2ccc(Cl)cc2)no1. The molecule has 1 N–H and O–H groups in total. The molecule has 1 aromatic heterocycles. The Morgan fingerprint density at radius 3 is 2.83 bits per heavy atom. The number of hydrogen-bond acceptors (Lipinski definition) is 5. The highest BCUT2D eigenvalue weighted by Crippen LogP contribution is 2.18. The van der Waals surface area contributed by atoms with Gasteiger partial charge in [0, 0.05) is 10.6 Å². The molecule has 6 nitrogen and oxygen atoms in total. The van der Waals surface area contributed by atoms with Gasteiger partial charge in [0.15, 0.2) is 0 Å². The van der Waals surface area contributed by atoms with E-state index in [9.17, 15) is 4.79 Å². The number of benzene rings is 1. The first-order valence-electron chi connectivity index (χ1n) is 5.09. The number of methoxy groups -OCH3 is 1. The van der Waals surface area contributed by atoms with Crippen LogP contribution in [0.5, 0.6) is 0 Å². The monoisotopic (exact) mass is 267 g/mol. The lowest BCUT2D eigenvalue weighted by atomic mass is 10.2. The van der Waals surface area contributed by atoms with Crippen molar-refractivity contribution in [2.45, 2.75) is 6.54 Å². The molecule has 0 saturated heterocycles. The van der Waals surface area contributed by atoms with Gasteiger partial charge in [0.1, 0.15) is 6.54 Å². The molecule has 18 heavy (non-hydrogen) atoms. The molecule has 0 atom stereocenters. The molecule has 1 aromatic carbocycles. The van der Waals surface area contributed by atoms with Crippen LogP contribution in [0.15, 0.2) is 28.8 Å². The van der Waals surface area contributed by atoms with Crippen molar-refractivity contribution < 1.29 is 14.1 Å². The standard InChI is InChI=1S/C11H10ClN3O3/c1-17-11(16)13-6-9-14-10(15-18-9)7-2-4-8(12)5-3-7/h2-5H,6H2,1H3,(H,13,16). The quantitative estimate of drug-likeness (QED) is 0.923. The molecule has 0 radical (unpaired) electrons. The van der Waals surface area contributed by atoms with Gasteiger partial charge in [0.2, 0.25) is 11.7 Å². The van der Waals surface area contributed by atoms with Crippen LogP contribution in [0.1, 0.15) is 5.89 Å². The molecule has 0 aliphatic rings. The Morgan fingerprint density at radius 1 is 1.44 bits per heavy atom. The average Bonchev–Trinajstić information content (AvgIpc) is 2.85. The minimum atomic E-state index is -0.554. The van der Waals surface area contributed by atoms with Gasteiger partial charge in [-0.25, -0.2) is 4.79 Å². The number of hydrogen-bond donors (Lipinski definition) is 1. The number of nitrogens with one attached hydrogen (secondary N) is 1. The first-order valence-corrected chi connectivity index (χ1v) is 5.47. The molecule has 2 aromatic rings. The number of alkyl carbamates (subject to hydrolysis) is 1. The Labute approximate surface area is 108 Å². The lowest BCUT2D eigenvalue weighted by Crippen LogP contribution is -2.22. The van der Waals surface area contributed by atoms with Gasteiger partial charge in [-0.05, 0) is 24.3 Å². The third kappa shape index (κ3) is 2.98. The molecular weight excluding hydrogens is 258 g/mol. The van der Waals surface area contributed by atoms with E-state index < -0.39 is 6.09 Å². The van der Waals surface area contributed by atoms with Crippen LogP contribution in [0, 0.1) is 0 Å². The number of carbonyl (C=O) groups is 1. The zero-order valence-electron chi connectivity index (χ0n) is 9.51. The molecule has 1 heterocycles. The number of halogens is 1. The van der Waals surface area contributed by atoms with Crippen molar-refractivity contribution in [3.63, 3.8) is 0 Å². The number of nitrogens with zero attached hydrogens (tertiary/aromatic N) is 2. The van der Waals surface area contributed by atoms with Crippen LogP contribution < -0.4 is 5.32 Å². The van der Waals surface area contributed by atoms with E-state index in [4.69, 9.17) is 16.1 Å². The van der Waals surface area contributed by atoms with E-state index in [2.05, 4.69) is 20.2 Å². The van der Waals surface area contributed by atoms with E-state index in [1.54, 1.807) is 24.3 Å². The molecular formula is C11H10ClN3O3. The summed E-state index contributed by atoms with van der Waals surface area (Å²) in [5.41, 5.74) is 0.785. The highest BCUT2D eigenvalue weighted by atomic mass is 35.5. The third-order valence-electron chi connectivity index (χ3n) is 2.14. The van der Waals surface area contributed by atoms with Crippen molar-refractivity contribution in [2.24, 2.45) is 0 Å². The summed E-state index contributed by atoms with van der Waals surface area (Å²) < 4.78 is 9.40. The van der Waals surface area contributed by atoms with Crippen LogP contribution in [-0.2, 0) is 11.3 Å². The molecule has 0 fully saturated rings. The molecule has 0 unspecified atom stereocenters. The second-order valence-electron chi connectivity index (χ2n) is 3.36. The van der Waals surface area contributed by atoms with Gasteiger partial charge in [-0.1, -0.05) is 16.8 Å². The van der Waals surface area contributed by atoms with E-state index in [1.807, 2.05) is 0 Å². The number of carbonyl (C=O) groups excluding carboxylic acids is 1. The summed E-state index contributed by atoms with van der Waals surface area (Å²) in [6.45, 7) is 0.118. The predicted octanol–water partition coefficient (Wildman–Crippen LogP) is 2.25. The van der Waals surface area contributed by atoms with Crippen molar-refractivity contribution in [3.05, 3.63) is 35.2 Å². The molecule has 1 amide bonds. The third-order valence-corrected chi connectivity index (χ3v) is 2.39. The second-order valence-corrected chi connectivity index (χ2v) is 3.80. The normalized spacial score (nSPS) is 10.1. The fourth-order valence-electron chi connectivity index (χ4n) is 1.26. The summed E-state index contributed by atoms with van der Waals surface area (Å²) in [6.07, 6.45) is -0.554. The van der Waals surface area contributed by atoms with Crippen molar-refractivity contribution in [2.75, 3.05) is 7.11 Å². The van der Waals surface area contributed by atoms with Crippen molar-refractivity contribution in [1.82, 2.24) is 15.5 Å². The minimum Gasteiger partial charge on any atom is -0.453 e. The van der Waals surface area contributed by atoms with E-state index in [0.29, 0.717) is 16.7 Å². The molecule has 0 aliphatic heterocycles. The maximum atomic E-state index is 10.9. The first-order chi connectivity index (χ1) is 8.69. The Morgan fingerprint density at radius 2 is 2.17 bits per heavy atom. The lowest BCUT2D eigenvalue weighted by Gasteiger charge is -1.97. The Bertz CT molecular complexity index is 539. The number of amides is 1. The molecule has 2 rings (SSSR count). The predicted molar refractivity (Wildman–Crippen MR) is 64.0 cm³/mol. The summed E-state index contributed by atoms with van der Waals surface area (Å²) in [7, 11) is 1.28. The summed E-state index contributed by atoms with van der Waals surface area (Å²) in [4.78, 5) is 15.0. The van der Waals surface area contributed by atoms with Crippen LogP contribution in [0.3, 0.4) is 0 Å². The van der Waals surface area contributed by atoms with Gasteiger partial charge in [0.05, 0.1) is 7.11 Å². The lowest BCUT2D eigenvalue weighted by molar-refractivity contribution is 0.169. The topological polar surface area (TPSA) is 77.2 Å². The minimum absolute atomic E-state index is 0.118. The summed E-state index contributed by atoms with van der Waals surface area (Å²) in [5, 5.41) is 6.88. The highest BCUT2D eigenvalue weighted by Gasteiger charge is 2.09. The zero-order valence-corrected chi connectivity index (χ0v) is 10.3. The summed E-state index contributed by atoms with van der Waals surface area (Å²) >= 11 is 5.78. The van der Waals surface area contributed by atoms with Crippen molar-refractivity contribution in [3.8, 4) is 11.4 Å². The number of ether oxygens (including phenoxy) is 1. The summed E-state index contributed by atoms with van der Waals surface area (Å²) in [5.74, 6) is 0.735. The average molecular weight is 268 g/mol. The fraction of sp³-hybridized carbons (Fsp3) is 0.182. The molecule has 0 spiro atoms. The fourth-order valence-corrected chi connectivity index (χ4v) is 1.39.